The van der Waals surface area contributed by atoms with E-state index in [-0.39, 0.29) is 5.41 Å². The van der Waals surface area contributed by atoms with Crippen LogP contribution in [0.15, 0.2) is 17.1 Å². The van der Waals surface area contributed by atoms with Crippen LogP contribution in [0.3, 0.4) is 0 Å². The van der Waals surface area contributed by atoms with Crippen molar-refractivity contribution in [3.8, 4) is 11.5 Å². The predicted molar refractivity (Wildman–Crippen MR) is 77.3 cm³/mol. The van der Waals surface area contributed by atoms with Gasteiger partial charge >= 0.3 is 0 Å². The summed E-state index contributed by atoms with van der Waals surface area (Å²) < 4.78 is 11.0. The zero-order valence-corrected chi connectivity index (χ0v) is 12.7. The quantitative estimate of drug-likeness (QED) is 0.625. The highest BCUT2D eigenvalue weighted by Crippen LogP contribution is 2.54. The molecule has 2 rings (SSSR count). The van der Waals surface area contributed by atoms with Gasteiger partial charge in [-0.2, -0.15) is 4.99 Å². The molecule has 1 aromatic carbocycles. The molecular formula is C16H21NO3. The maximum Gasteiger partial charge on any atom is 0.235 e. The third kappa shape index (κ3) is 2.44. The van der Waals surface area contributed by atoms with Crippen LogP contribution in [0.1, 0.15) is 44.7 Å². The smallest absolute Gasteiger partial charge is 0.235 e. The lowest BCUT2D eigenvalue weighted by atomic mass is 9.83. The molecule has 0 saturated heterocycles. The molecule has 108 valence electrons. The molecule has 0 aliphatic heterocycles. The summed E-state index contributed by atoms with van der Waals surface area (Å²) in [5.74, 6) is 1.56. The second kappa shape index (κ2) is 4.95. The number of hydrogen-bond donors (Lipinski definition) is 0. The second-order valence-corrected chi connectivity index (χ2v) is 6.24. The van der Waals surface area contributed by atoms with E-state index in [1.54, 1.807) is 20.3 Å². The van der Waals surface area contributed by atoms with E-state index < -0.39 is 5.54 Å². The van der Waals surface area contributed by atoms with E-state index in [1.165, 1.54) is 0 Å². The number of aliphatic imine (C=N–C) groups is 1. The largest absolute Gasteiger partial charge is 0.497 e. The molecule has 0 radical (unpaired) electrons. The normalized spacial score (nSPS) is 16.2. The van der Waals surface area contributed by atoms with Crippen molar-refractivity contribution < 1.29 is 14.3 Å². The van der Waals surface area contributed by atoms with Crippen LogP contribution in [0.5, 0.6) is 11.5 Å². The van der Waals surface area contributed by atoms with Gasteiger partial charge in [-0.05, 0) is 30.4 Å². The van der Waals surface area contributed by atoms with Crippen molar-refractivity contribution >= 4 is 6.08 Å². The van der Waals surface area contributed by atoms with E-state index in [9.17, 15) is 4.79 Å². The highest BCUT2D eigenvalue weighted by Gasteiger charge is 2.48. The van der Waals surface area contributed by atoms with Crippen LogP contribution in [0, 0.1) is 0 Å². The first kappa shape index (κ1) is 14.6. The van der Waals surface area contributed by atoms with Crippen LogP contribution < -0.4 is 9.47 Å². The summed E-state index contributed by atoms with van der Waals surface area (Å²) in [7, 11) is 3.29. The summed E-state index contributed by atoms with van der Waals surface area (Å²) in [5.41, 5.74) is 1.42. The van der Waals surface area contributed by atoms with E-state index in [0.29, 0.717) is 0 Å². The van der Waals surface area contributed by atoms with Crippen molar-refractivity contribution in [1.29, 1.82) is 0 Å². The number of methoxy groups -OCH3 is 2. The summed E-state index contributed by atoms with van der Waals surface area (Å²) in [4.78, 5) is 14.7. The van der Waals surface area contributed by atoms with Gasteiger partial charge in [-0.15, -0.1) is 0 Å². The first-order valence-electron chi connectivity index (χ1n) is 6.74. The molecule has 0 spiro atoms. The lowest BCUT2D eigenvalue weighted by Gasteiger charge is -2.26. The molecule has 20 heavy (non-hydrogen) atoms. The molecule has 0 unspecified atom stereocenters. The molecule has 0 aromatic heterocycles. The Bertz CT molecular complexity index is 562. The lowest BCUT2D eigenvalue weighted by Crippen LogP contribution is -2.16. The summed E-state index contributed by atoms with van der Waals surface area (Å²) in [6.07, 6.45) is 3.38. The Balaban J connectivity index is 2.70. The van der Waals surface area contributed by atoms with Crippen LogP contribution in [0.4, 0.5) is 0 Å². The summed E-state index contributed by atoms with van der Waals surface area (Å²) in [6, 6.07) is 3.91. The third-order valence-corrected chi connectivity index (χ3v) is 3.79. The molecule has 0 amide bonds. The zero-order chi connectivity index (χ0) is 15.0. The molecule has 4 nitrogen and oxygen atoms in total. The standard InChI is InChI=1S/C16H21NO3/c1-15(2,3)12-8-11(19-4)9-13(14(12)20-5)16(6-7-16)17-10-18/h8-9H,6-7H2,1-5H3. The first-order chi connectivity index (χ1) is 9.38. The topological polar surface area (TPSA) is 47.9 Å². The van der Waals surface area contributed by atoms with Crippen LogP contribution in [0.2, 0.25) is 0 Å². The van der Waals surface area contributed by atoms with Crippen molar-refractivity contribution in [1.82, 2.24) is 0 Å². The molecule has 1 saturated carbocycles. The van der Waals surface area contributed by atoms with E-state index in [0.717, 1.165) is 35.5 Å². The number of hydrogen-bond acceptors (Lipinski definition) is 4. The molecule has 0 N–H and O–H groups in total. The minimum atomic E-state index is -0.471. The van der Waals surface area contributed by atoms with Crippen molar-refractivity contribution in [3.63, 3.8) is 0 Å². The van der Waals surface area contributed by atoms with Gasteiger partial charge in [0.25, 0.3) is 0 Å². The van der Waals surface area contributed by atoms with Gasteiger partial charge in [-0.25, -0.2) is 4.79 Å². The van der Waals surface area contributed by atoms with E-state index in [4.69, 9.17) is 9.47 Å². The SMILES string of the molecule is COc1cc(C(C)(C)C)c(OC)c(C2(N=C=O)CC2)c1. The molecule has 0 bridgehead atoms. The summed E-state index contributed by atoms with van der Waals surface area (Å²) in [6.45, 7) is 6.36. The number of benzene rings is 1. The number of ether oxygens (including phenoxy) is 2. The number of rotatable bonds is 4. The van der Waals surface area contributed by atoms with Crippen molar-refractivity contribution in [2.75, 3.05) is 14.2 Å². The van der Waals surface area contributed by atoms with Crippen LogP contribution >= 0.6 is 0 Å². The number of nitrogens with zero attached hydrogens (tertiary/aromatic N) is 1. The maximum atomic E-state index is 10.7. The predicted octanol–water partition coefficient (Wildman–Crippen LogP) is 3.33. The minimum Gasteiger partial charge on any atom is -0.497 e. The Morgan fingerprint density at radius 3 is 2.25 bits per heavy atom. The van der Waals surface area contributed by atoms with E-state index in [1.807, 2.05) is 12.1 Å². The molecule has 0 atom stereocenters. The maximum absolute atomic E-state index is 10.7. The highest BCUT2D eigenvalue weighted by molar-refractivity contribution is 5.56. The Hall–Kier alpha value is -1.80. The molecular weight excluding hydrogens is 254 g/mol. The van der Waals surface area contributed by atoms with Gasteiger partial charge < -0.3 is 9.47 Å². The zero-order valence-electron chi connectivity index (χ0n) is 12.7. The van der Waals surface area contributed by atoms with Gasteiger partial charge in [-0.3, -0.25) is 0 Å². The molecule has 4 heteroatoms. The summed E-state index contributed by atoms with van der Waals surface area (Å²) >= 11 is 0. The molecule has 0 heterocycles. The third-order valence-electron chi connectivity index (χ3n) is 3.79. The average molecular weight is 275 g/mol. The van der Waals surface area contributed by atoms with Crippen molar-refractivity contribution in [3.05, 3.63) is 23.3 Å². The van der Waals surface area contributed by atoms with Crippen LogP contribution in [-0.4, -0.2) is 20.3 Å². The van der Waals surface area contributed by atoms with Gasteiger partial charge in [0.05, 0.1) is 14.2 Å². The number of isocyanates is 1. The Kier molecular flexibility index (Phi) is 3.61. The minimum absolute atomic E-state index is 0.0877. The lowest BCUT2D eigenvalue weighted by molar-refractivity contribution is 0.378. The van der Waals surface area contributed by atoms with Gasteiger partial charge in [0.2, 0.25) is 6.08 Å². The molecule has 1 aromatic rings. The van der Waals surface area contributed by atoms with Crippen molar-refractivity contribution in [2.45, 2.75) is 44.6 Å². The first-order valence-corrected chi connectivity index (χ1v) is 6.74. The van der Waals surface area contributed by atoms with Crippen LogP contribution in [-0.2, 0) is 15.7 Å². The summed E-state index contributed by atoms with van der Waals surface area (Å²) in [5, 5.41) is 0. The molecule has 1 aliphatic carbocycles. The molecule has 1 aliphatic rings. The average Bonchev–Trinajstić information content (AvgIpc) is 3.17. The van der Waals surface area contributed by atoms with Crippen LogP contribution in [0.25, 0.3) is 0 Å². The van der Waals surface area contributed by atoms with Gasteiger partial charge in [0.1, 0.15) is 17.0 Å². The van der Waals surface area contributed by atoms with Gasteiger partial charge in [0.15, 0.2) is 0 Å². The van der Waals surface area contributed by atoms with Crippen molar-refractivity contribution in [2.24, 2.45) is 4.99 Å². The Morgan fingerprint density at radius 1 is 1.20 bits per heavy atom. The van der Waals surface area contributed by atoms with Gasteiger partial charge in [-0.1, -0.05) is 20.8 Å². The monoisotopic (exact) mass is 275 g/mol. The fraction of sp³-hybridized carbons (Fsp3) is 0.562. The molecule has 1 fully saturated rings. The number of carbonyl (C=O) groups excluding carboxylic acids is 1. The highest BCUT2D eigenvalue weighted by atomic mass is 16.5. The van der Waals surface area contributed by atoms with Gasteiger partial charge in [0, 0.05) is 11.1 Å². The van der Waals surface area contributed by atoms with E-state index in [2.05, 4.69) is 25.8 Å². The fourth-order valence-electron chi connectivity index (χ4n) is 2.49. The second-order valence-electron chi connectivity index (χ2n) is 6.24. The Morgan fingerprint density at radius 2 is 1.85 bits per heavy atom. The van der Waals surface area contributed by atoms with E-state index >= 15 is 0 Å². The fourth-order valence-corrected chi connectivity index (χ4v) is 2.49. The Labute approximate surface area is 119 Å².